The minimum Gasteiger partial charge on any atom is -0.497 e. The Balaban J connectivity index is 2.45. The molecule has 0 aliphatic heterocycles. The zero-order valence-electron chi connectivity index (χ0n) is 13.1. The molecule has 1 aromatic heterocycles. The lowest BCUT2D eigenvalue weighted by atomic mass is 10.1. The molecule has 0 saturated carbocycles. The van der Waals surface area contributed by atoms with E-state index in [0.717, 1.165) is 35.6 Å². The molecule has 4 nitrogen and oxygen atoms in total. The molecule has 0 unspecified atom stereocenters. The van der Waals surface area contributed by atoms with Crippen molar-refractivity contribution >= 4 is 22.6 Å². The standard InChI is InChI=1S/C16H23ClN2O2/c1-5-21-16(2,3)11-19-14-7-6-12(20-4)10-13(14)18-15(19)8-9-17/h6-7,10H,5,8-9,11H2,1-4H3. The maximum absolute atomic E-state index is 5.92. The molecule has 0 amide bonds. The fourth-order valence-electron chi connectivity index (χ4n) is 2.56. The van der Waals surface area contributed by atoms with Gasteiger partial charge in [0.25, 0.3) is 0 Å². The average Bonchev–Trinajstić information content (AvgIpc) is 2.75. The van der Waals surface area contributed by atoms with Crippen molar-refractivity contribution in [2.45, 2.75) is 39.3 Å². The molecule has 0 saturated heterocycles. The molecule has 0 atom stereocenters. The van der Waals surface area contributed by atoms with Crippen molar-refractivity contribution in [3.05, 3.63) is 24.0 Å². The maximum atomic E-state index is 5.92. The lowest BCUT2D eigenvalue weighted by Crippen LogP contribution is -2.31. The van der Waals surface area contributed by atoms with Crippen LogP contribution in [0.2, 0.25) is 0 Å². The van der Waals surface area contributed by atoms with Gasteiger partial charge in [0, 0.05) is 25.0 Å². The van der Waals surface area contributed by atoms with Crippen LogP contribution in [0.15, 0.2) is 18.2 Å². The van der Waals surface area contributed by atoms with Gasteiger partial charge >= 0.3 is 0 Å². The summed E-state index contributed by atoms with van der Waals surface area (Å²) >= 11 is 5.92. The topological polar surface area (TPSA) is 36.3 Å². The van der Waals surface area contributed by atoms with E-state index in [9.17, 15) is 0 Å². The Kier molecular flexibility index (Phi) is 5.12. The number of aromatic nitrogens is 2. The van der Waals surface area contributed by atoms with E-state index in [-0.39, 0.29) is 5.60 Å². The number of hydrogen-bond acceptors (Lipinski definition) is 3. The first-order chi connectivity index (χ1) is 10.0. The summed E-state index contributed by atoms with van der Waals surface area (Å²) in [6.45, 7) is 7.64. The fourth-order valence-corrected chi connectivity index (χ4v) is 2.72. The predicted molar refractivity (Wildman–Crippen MR) is 86.4 cm³/mol. The number of methoxy groups -OCH3 is 1. The van der Waals surface area contributed by atoms with E-state index in [2.05, 4.69) is 18.4 Å². The van der Waals surface area contributed by atoms with E-state index in [4.69, 9.17) is 26.1 Å². The van der Waals surface area contributed by atoms with Crippen LogP contribution in [-0.2, 0) is 17.7 Å². The zero-order valence-corrected chi connectivity index (χ0v) is 13.9. The van der Waals surface area contributed by atoms with Crippen molar-refractivity contribution in [1.82, 2.24) is 9.55 Å². The van der Waals surface area contributed by atoms with Gasteiger partial charge in [-0.2, -0.15) is 0 Å². The van der Waals surface area contributed by atoms with Crippen molar-refractivity contribution < 1.29 is 9.47 Å². The Labute approximate surface area is 131 Å². The molecular weight excluding hydrogens is 288 g/mol. The molecule has 1 heterocycles. The Morgan fingerprint density at radius 2 is 2.10 bits per heavy atom. The molecule has 2 aromatic rings. The largest absolute Gasteiger partial charge is 0.497 e. The van der Waals surface area contributed by atoms with Gasteiger partial charge in [-0.15, -0.1) is 11.6 Å². The highest BCUT2D eigenvalue weighted by Crippen LogP contribution is 2.25. The summed E-state index contributed by atoms with van der Waals surface area (Å²) in [7, 11) is 1.66. The zero-order chi connectivity index (χ0) is 15.5. The number of nitrogens with zero attached hydrogens (tertiary/aromatic N) is 2. The summed E-state index contributed by atoms with van der Waals surface area (Å²) in [5, 5.41) is 0. The highest BCUT2D eigenvalue weighted by atomic mass is 35.5. The summed E-state index contributed by atoms with van der Waals surface area (Å²) in [5.41, 5.74) is 1.77. The lowest BCUT2D eigenvalue weighted by Gasteiger charge is -2.26. The molecular formula is C16H23ClN2O2. The first-order valence-electron chi connectivity index (χ1n) is 7.24. The van der Waals surface area contributed by atoms with Crippen molar-refractivity contribution in [2.24, 2.45) is 0 Å². The molecule has 0 aliphatic rings. The summed E-state index contributed by atoms with van der Waals surface area (Å²) in [4.78, 5) is 4.70. The second-order valence-corrected chi connectivity index (χ2v) is 5.98. The van der Waals surface area contributed by atoms with Crippen molar-refractivity contribution in [2.75, 3.05) is 19.6 Å². The molecule has 0 fully saturated rings. The van der Waals surface area contributed by atoms with E-state index >= 15 is 0 Å². The maximum Gasteiger partial charge on any atom is 0.121 e. The fraction of sp³-hybridized carbons (Fsp3) is 0.562. The van der Waals surface area contributed by atoms with E-state index < -0.39 is 0 Å². The molecule has 0 N–H and O–H groups in total. The summed E-state index contributed by atoms with van der Waals surface area (Å²) in [6.07, 6.45) is 0.737. The van der Waals surface area contributed by atoms with Crippen LogP contribution in [0.3, 0.4) is 0 Å². The number of imidazole rings is 1. The third-order valence-corrected chi connectivity index (χ3v) is 3.62. The Hall–Kier alpha value is -1.26. The van der Waals surface area contributed by atoms with Crippen molar-refractivity contribution in [3.8, 4) is 5.75 Å². The minimum absolute atomic E-state index is 0.247. The number of halogens is 1. The Morgan fingerprint density at radius 3 is 2.71 bits per heavy atom. The van der Waals surface area contributed by atoms with Crippen molar-refractivity contribution in [3.63, 3.8) is 0 Å². The number of aryl methyl sites for hydroxylation is 1. The summed E-state index contributed by atoms with van der Waals surface area (Å²) in [5.74, 6) is 2.35. The van der Waals surface area contributed by atoms with Gasteiger partial charge < -0.3 is 14.0 Å². The second-order valence-electron chi connectivity index (χ2n) is 5.60. The first kappa shape index (κ1) is 16.1. The van der Waals surface area contributed by atoms with Gasteiger partial charge in [0.1, 0.15) is 11.6 Å². The Morgan fingerprint density at radius 1 is 1.33 bits per heavy atom. The van der Waals surface area contributed by atoms with E-state index in [1.165, 1.54) is 0 Å². The van der Waals surface area contributed by atoms with Crippen LogP contribution in [0.1, 0.15) is 26.6 Å². The highest BCUT2D eigenvalue weighted by molar-refractivity contribution is 6.17. The first-order valence-corrected chi connectivity index (χ1v) is 7.77. The smallest absolute Gasteiger partial charge is 0.121 e. The van der Waals surface area contributed by atoms with Gasteiger partial charge in [-0.25, -0.2) is 4.98 Å². The lowest BCUT2D eigenvalue weighted by molar-refractivity contribution is -0.0221. The highest BCUT2D eigenvalue weighted by Gasteiger charge is 2.22. The minimum atomic E-state index is -0.247. The van der Waals surface area contributed by atoms with Gasteiger partial charge in [0.05, 0.1) is 30.3 Å². The molecule has 5 heteroatoms. The number of benzene rings is 1. The SMILES string of the molecule is CCOC(C)(C)Cn1c(CCCl)nc2cc(OC)ccc21. The molecule has 0 spiro atoms. The van der Waals surface area contributed by atoms with Crippen LogP contribution in [0, 0.1) is 0 Å². The van der Waals surface area contributed by atoms with Crippen LogP contribution in [0.4, 0.5) is 0 Å². The second kappa shape index (κ2) is 6.67. The monoisotopic (exact) mass is 310 g/mol. The molecule has 116 valence electrons. The third-order valence-electron chi connectivity index (χ3n) is 3.43. The normalized spacial score (nSPS) is 12.0. The molecule has 0 radical (unpaired) electrons. The summed E-state index contributed by atoms with van der Waals surface area (Å²) in [6, 6.07) is 5.96. The van der Waals surface area contributed by atoms with Crippen LogP contribution in [0.5, 0.6) is 5.75 Å². The molecule has 1 aromatic carbocycles. The number of fused-ring (bicyclic) bond motifs is 1. The van der Waals surface area contributed by atoms with Crippen LogP contribution in [-0.4, -0.2) is 34.7 Å². The number of alkyl halides is 1. The number of rotatable bonds is 7. The quantitative estimate of drug-likeness (QED) is 0.733. The van der Waals surface area contributed by atoms with Crippen LogP contribution < -0.4 is 4.74 Å². The van der Waals surface area contributed by atoms with Gasteiger partial charge in [0.15, 0.2) is 0 Å². The van der Waals surface area contributed by atoms with Crippen LogP contribution >= 0.6 is 11.6 Å². The van der Waals surface area contributed by atoms with Gasteiger partial charge in [0.2, 0.25) is 0 Å². The molecule has 21 heavy (non-hydrogen) atoms. The molecule has 0 bridgehead atoms. The van der Waals surface area contributed by atoms with Crippen LogP contribution in [0.25, 0.3) is 11.0 Å². The third kappa shape index (κ3) is 3.69. The van der Waals surface area contributed by atoms with E-state index in [1.807, 2.05) is 25.1 Å². The average molecular weight is 311 g/mol. The van der Waals surface area contributed by atoms with Crippen molar-refractivity contribution in [1.29, 1.82) is 0 Å². The predicted octanol–water partition coefficient (Wildman–Crippen LogP) is 3.64. The van der Waals surface area contributed by atoms with Gasteiger partial charge in [-0.3, -0.25) is 0 Å². The Bertz CT molecular complexity index is 608. The van der Waals surface area contributed by atoms with Gasteiger partial charge in [-0.1, -0.05) is 0 Å². The summed E-state index contributed by atoms with van der Waals surface area (Å²) < 4.78 is 13.3. The van der Waals surface area contributed by atoms with E-state index in [0.29, 0.717) is 12.5 Å². The van der Waals surface area contributed by atoms with E-state index in [1.54, 1.807) is 7.11 Å². The molecule has 2 rings (SSSR count). The number of hydrogen-bond donors (Lipinski definition) is 0. The molecule has 0 aliphatic carbocycles. The van der Waals surface area contributed by atoms with Gasteiger partial charge in [-0.05, 0) is 32.9 Å². The number of ether oxygens (including phenoxy) is 2.